The molecule has 1 amide bonds. The number of nitrogens with zero attached hydrogens (tertiary/aromatic N) is 2. The van der Waals surface area contributed by atoms with Crippen molar-refractivity contribution in [3.63, 3.8) is 0 Å². The third-order valence-electron chi connectivity index (χ3n) is 4.47. The molecule has 1 aromatic heterocycles. The van der Waals surface area contributed by atoms with Crippen molar-refractivity contribution in [2.45, 2.75) is 6.42 Å². The summed E-state index contributed by atoms with van der Waals surface area (Å²) < 4.78 is 25.7. The van der Waals surface area contributed by atoms with Gasteiger partial charge in [-0.3, -0.25) is 4.79 Å². The lowest BCUT2D eigenvalue weighted by molar-refractivity contribution is -0.116. The van der Waals surface area contributed by atoms with Gasteiger partial charge in [0.25, 0.3) is 0 Å². The van der Waals surface area contributed by atoms with Crippen molar-refractivity contribution in [3.05, 3.63) is 58.6 Å². The van der Waals surface area contributed by atoms with Gasteiger partial charge in [-0.15, -0.1) is 0 Å². The molecule has 0 bridgehead atoms. The molecular formula is C21H21ClFN3O3. The molecule has 0 saturated carbocycles. The number of carbonyl (C=O) groups is 1. The predicted octanol–water partition coefficient (Wildman–Crippen LogP) is 3.76. The average molecular weight is 418 g/mol. The second-order valence-electron chi connectivity index (χ2n) is 6.33. The molecule has 0 aliphatic rings. The number of methoxy groups -OCH3 is 2. The third-order valence-corrected chi connectivity index (χ3v) is 4.75. The summed E-state index contributed by atoms with van der Waals surface area (Å²) in [4.78, 5) is 16.6. The second-order valence-corrected chi connectivity index (χ2v) is 6.74. The first-order valence-electron chi connectivity index (χ1n) is 8.91. The van der Waals surface area contributed by atoms with Gasteiger partial charge in [-0.2, -0.15) is 0 Å². The van der Waals surface area contributed by atoms with E-state index in [4.69, 9.17) is 21.1 Å². The quantitative estimate of drug-likeness (QED) is 0.594. The lowest BCUT2D eigenvalue weighted by Gasteiger charge is -2.10. The number of amides is 1. The molecule has 2 aromatic carbocycles. The van der Waals surface area contributed by atoms with Crippen LogP contribution in [0.3, 0.4) is 0 Å². The van der Waals surface area contributed by atoms with E-state index < -0.39 is 0 Å². The van der Waals surface area contributed by atoms with Gasteiger partial charge in [0, 0.05) is 26.1 Å². The SMILES string of the molecule is COc1cc(/C=C/C(=O)NCCc2nc3ccc(F)cc3n2C)cc(Cl)c1OC. The number of hydrogen-bond acceptors (Lipinski definition) is 4. The Morgan fingerprint density at radius 3 is 2.79 bits per heavy atom. The van der Waals surface area contributed by atoms with Crippen molar-refractivity contribution in [3.8, 4) is 11.5 Å². The van der Waals surface area contributed by atoms with Gasteiger partial charge in [0.2, 0.25) is 5.91 Å². The molecular weight excluding hydrogens is 397 g/mol. The topological polar surface area (TPSA) is 65.4 Å². The molecule has 3 aromatic rings. The van der Waals surface area contributed by atoms with Gasteiger partial charge in [-0.05, 0) is 42.0 Å². The van der Waals surface area contributed by atoms with Gasteiger partial charge < -0.3 is 19.4 Å². The number of imidazole rings is 1. The maximum atomic E-state index is 13.4. The van der Waals surface area contributed by atoms with Gasteiger partial charge in [0.05, 0.1) is 30.3 Å². The molecule has 1 N–H and O–H groups in total. The van der Waals surface area contributed by atoms with E-state index in [1.54, 1.807) is 24.3 Å². The first-order valence-corrected chi connectivity index (χ1v) is 9.29. The monoisotopic (exact) mass is 417 g/mol. The summed E-state index contributed by atoms with van der Waals surface area (Å²) >= 11 is 6.17. The maximum Gasteiger partial charge on any atom is 0.244 e. The summed E-state index contributed by atoms with van der Waals surface area (Å²) in [7, 11) is 4.85. The van der Waals surface area contributed by atoms with Crippen LogP contribution in [0.15, 0.2) is 36.4 Å². The van der Waals surface area contributed by atoms with Crippen molar-refractivity contribution in [1.29, 1.82) is 0 Å². The predicted molar refractivity (Wildman–Crippen MR) is 111 cm³/mol. The molecule has 0 aliphatic carbocycles. The van der Waals surface area contributed by atoms with Gasteiger partial charge in [-0.1, -0.05) is 11.6 Å². The largest absolute Gasteiger partial charge is 0.493 e. The Balaban J connectivity index is 1.60. The van der Waals surface area contributed by atoms with Crippen LogP contribution in [0.5, 0.6) is 11.5 Å². The highest BCUT2D eigenvalue weighted by atomic mass is 35.5. The first-order chi connectivity index (χ1) is 13.9. The van der Waals surface area contributed by atoms with E-state index in [9.17, 15) is 9.18 Å². The molecule has 0 spiro atoms. The average Bonchev–Trinajstić information content (AvgIpc) is 3.01. The number of fused-ring (bicyclic) bond motifs is 1. The molecule has 0 unspecified atom stereocenters. The fraction of sp³-hybridized carbons (Fsp3) is 0.238. The van der Waals surface area contributed by atoms with E-state index in [2.05, 4.69) is 10.3 Å². The van der Waals surface area contributed by atoms with Gasteiger partial charge in [-0.25, -0.2) is 9.37 Å². The number of aryl methyl sites for hydroxylation is 1. The number of nitrogens with one attached hydrogen (secondary N) is 1. The Morgan fingerprint density at radius 2 is 2.07 bits per heavy atom. The minimum Gasteiger partial charge on any atom is -0.493 e. The second kappa shape index (κ2) is 8.96. The van der Waals surface area contributed by atoms with Gasteiger partial charge >= 0.3 is 0 Å². The molecule has 3 rings (SSSR count). The van der Waals surface area contributed by atoms with Crippen molar-refractivity contribution >= 4 is 34.6 Å². The van der Waals surface area contributed by atoms with Crippen LogP contribution >= 0.6 is 11.6 Å². The number of aromatic nitrogens is 2. The zero-order chi connectivity index (χ0) is 21.0. The Morgan fingerprint density at radius 1 is 1.28 bits per heavy atom. The van der Waals surface area contributed by atoms with Crippen LogP contribution in [0.1, 0.15) is 11.4 Å². The van der Waals surface area contributed by atoms with Crippen molar-refractivity contribution in [2.24, 2.45) is 7.05 Å². The van der Waals surface area contributed by atoms with E-state index in [1.807, 2.05) is 11.6 Å². The van der Waals surface area contributed by atoms with Gasteiger partial charge in [0.1, 0.15) is 11.6 Å². The Kier molecular flexibility index (Phi) is 6.39. The van der Waals surface area contributed by atoms with Crippen molar-refractivity contribution < 1.29 is 18.7 Å². The minimum atomic E-state index is -0.305. The van der Waals surface area contributed by atoms with E-state index in [0.29, 0.717) is 35.1 Å². The van der Waals surface area contributed by atoms with Crippen LogP contribution in [0, 0.1) is 5.82 Å². The van der Waals surface area contributed by atoms with E-state index >= 15 is 0 Å². The zero-order valence-corrected chi connectivity index (χ0v) is 17.1. The van der Waals surface area contributed by atoms with Crippen LogP contribution in [-0.4, -0.2) is 36.2 Å². The number of hydrogen-bond donors (Lipinski definition) is 1. The van der Waals surface area contributed by atoms with E-state index in [0.717, 1.165) is 16.9 Å². The summed E-state index contributed by atoms with van der Waals surface area (Å²) in [5, 5.41) is 3.20. The van der Waals surface area contributed by atoms with E-state index in [1.165, 1.54) is 32.4 Å². The number of halogens is 2. The van der Waals surface area contributed by atoms with Crippen LogP contribution in [0.25, 0.3) is 17.1 Å². The maximum absolute atomic E-state index is 13.4. The molecule has 1 heterocycles. The lowest BCUT2D eigenvalue weighted by Crippen LogP contribution is -2.24. The molecule has 0 atom stereocenters. The normalized spacial score (nSPS) is 11.2. The minimum absolute atomic E-state index is 0.249. The highest BCUT2D eigenvalue weighted by Gasteiger charge is 2.11. The molecule has 8 heteroatoms. The fourth-order valence-electron chi connectivity index (χ4n) is 3.00. The third kappa shape index (κ3) is 4.68. The van der Waals surface area contributed by atoms with E-state index in [-0.39, 0.29) is 11.7 Å². The standard InChI is InChI=1S/C21H21ClFN3O3/c1-26-17-12-14(23)5-6-16(17)25-19(26)8-9-24-20(27)7-4-13-10-15(22)21(29-3)18(11-13)28-2/h4-7,10-12H,8-9H2,1-3H3,(H,24,27)/b7-4+. The molecule has 0 fully saturated rings. The molecule has 29 heavy (non-hydrogen) atoms. The lowest BCUT2D eigenvalue weighted by atomic mass is 10.2. The summed E-state index contributed by atoms with van der Waals surface area (Å²) in [6, 6.07) is 7.88. The molecule has 0 radical (unpaired) electrons. The van der Waals surface area contributed by atoms with Crippen molar-refractivity contribution in [2.75, 3.05) is 20.8 Å². The number of rotatable bonds is 7. The Bertz CT molecular complexity index is 1080. The van der Waals surface area contributed by atoms with Crippen LogP contribution in [0.4, 0.5) is 4.39 Å². The molecule has 152 valence electrons. The van der Waals surface area contributed by atoms with Crippen LogP contribution < -0.4 is 14.8 Å². The summed E-state index contributed by atoms with van der Waals surface area (Å²) in [6.07, 6.45) is 3.58. The van der Waals surface area contributed by atoms with Crippen molar-refractivity contribution in [1.82, 2.24) is 14.9 Å². The summed E-state index contributed by atoms with van der Waals surface area (Å²) in [5.41, 5.74) is 2.15. The summed E-state index contributed by atoms with van der Waals surface area (Å²) in [6.45, 7) is 0.398. The molecule has 0 aliphatic heterocycles. The summed E-state index contributed by atoms with van der Waals surface area (Å²) in [5.74, 6) is 1.14. The molecule has 0 saturated heterocycles. The first kappa shape index (κ1) is 20.7. The van der Waals surface area contributed by atoms with Crippen LogP contribution in [0.2, 0.25) is 5.02 Å². The Labute approximate surface area is 172 Å². The smallest absolute Gasteiger partial charge is 0.244 e. The number of benzene rings is 2. The highest BCUT2D eigenvalue weighted by molar-refractivity contribution is 6.32. The number of ether oxygens (including phenoxy) is 2. The fourth-order valence-corrected chi connectivity index (χ4v) is 3.30. The highest BCUT2D eigenvalue weighted by Crippen LogP contribution is 2.36. The molecule has 6 nitrogen and oxygen atoms in total. The number of carbonyl (C=O) groups excluding carboxylic acids is 1. The van der Waals surface area contributed by atoms with Gasteiger partial charge in [0.15, 0.2) is 11.5 Å². The Hall–Kier alpha value is -3.06. The zero-order valence-electron chi connectivity index (χ0n) is 16.3. The van der Waals surface area contributed by atoms with Crippen LogP contribution in [-0.2, 0) is 18.3 Å².